The maximum Gasteiger partial charge on any atom is 0.433 e. The van der Waals surface area contributed by atoms with Crippen molar-refractivity contribution >= 4 is 11.6 Å². The average molecular weight is 389 g/mol. The fourth-order valence-electron chi connectivity index (χ4n) is 3.25. The number of aromatic nitrogens is 3. The first-order valence-corrected chi connectivity index (χ1v) is 8.84. The number of hydrogen-bond donors (Lipinski definition) is 0. The summed E-state index contributed by atoms with van der Waals surface area (Å²) in [5.41, 5.74) is -0.290. The highest BCUT2D eigenvalue weighted by Crippen LogP contribution is 2.32. The summed E-state index contributed by atoms with van der Waals surface area (Å²) in [6.07, 6.45) is -3.46. The third-order valence-electron chi connectivity index (χ3n) is 4.85. The van der Waals surface area contributed by atoms with Gasteiger partial charge in [-0.25, -0.2) is 9.50 Å². The van der Waals surface area contributed by atoms with Gasteiger partial charge >= 0.3 is 6.18 Å². The van der Waals surface area contributed by atoms with Gasteiger partial charge in [0, 0.05) is 31.7 Å². The highest BCUT2D eigenvalue weighted by Gasteiger charge is 2.36. The van der Waals surface area contributed by atoms with Crippen LogP contribution in [0.5, 0.6) is 0 Å². The molecule has 1 amide bonds. The van der Waals surface area contributed by atoms with Crippen LogP contribution in [0.4, 0.5) is 13.2 Å². The predicted octanol–water partition coefficient (Wildman–Crippen LogP) is 2.80. The highest BCUT2D eigenvalue weighted by molar-refractivity contribution is 6.00. The Kier molecular flexibility index (Phi) is 4.54. The van der Waals surface area contributed by atoms with Gasteiger partial charge in [-0.15, -0.1) is 0 Å². The standard InChI is InChI=1S/C19H18F3N5O/c1-25-7-9-26(10-8-25)18(28)14-12-23-27-16(19(20,21)22)11-15(24-17(14)27)13-5-3-2-4-6-13/h2-6,11-12H,7-10H2,1H3. The molecule has 146 valence electrons. The van der Waals surface area contributed by atoms with Gasteiger partial charge in [0.25, 0.3) is 5.91 Å². The molecule has 4 rings (SSSR count). The van der Waals surface area contributed by atoms with Crippen LogP contribution < -0.4 is 0 Å². The van der Waals surface area contributed by atoms with Crippen molar-refractivity contribution in [3.8, 4) is 11.3 Å². The van der Waals surface area contributed by atoms with E-state index in [2.05, 4.69) is 15.0 Å². The number of alkyl halides is 3. The fourth-order valence-corrected chi connectivity index (χ4v) is 3.25. The summed E-state index contributed by atoms with van der Waals surface area (Å²) in [5.74, 6) is -0.353. The van der Waals surface area contributed by atoms with Crippen molar-refractivity contribution in [1.82, 2.24) is 24.4 Å². The van der Waals surface area contributed by atoms with E-state index in [1.165, 1.54) is 6.20 Å². The van der Waals surface area contributed by atoms with Gasteiger partial charge in [-0.2, -0.15) is 18.3 Å². The van der Waals surface area contributed by atoms with Crippen LogP contribution in [0.25, 0.3) is 16.9 Å². The monoisotopic (exact) mass is 389 g/mol. The number of piperazine rings is 1. The molecule has 6 nitrogen and oxygen atoms in total. The quantitative estimate of drug-likeness (QED) is 0.676. The van der Waals surface area contributed by atoms with Crippen molar-refractivity contribution < 1.29 is 18.0 Å². The minimum Gasteiger partial charge on any atom is -0.336 e. The largest absolute Gasteiger partial charge is 0.433 e. The van der Waals surface area contributed by atoms with Crippen LogP contribution in [0.15, 0.2) is 42.6 Å². The van der Waals surface area contributed by atoms with Crippen LogP contribution in [-0.2, 0) is 6.18 Å². The zero-order valence-corrected chi connectivity index (χ0v) is 15.1. The van der Waals surface area contributed by atoms with Crippen LogP contribution in [0.1, 0.15) is 16.1 Å². The number of benzene rings is 1. The SMILES string of the molecule is CN1CCN(C(=O)c2cnn3c(C(F)(F)F)cc(-c4ccccc4)nc23)CC1. The predicted molar refractivity (Wildman–Crippen MR) is 96.8 cm³/mol. The summed E-state index contributed by atoms with van der Waals surface area (Å²) in [5, 5.41) is 3.83. The van der Waals surface area contributed by atoms with E-state index >= 15 is 0 Å². The molecule has 9 heteroatoms. The van der Waals surface area contributed by atoms with Crippen LogP contribution >= 0.6 is 0 Å². The third kappa shape index (κ3) is 3.33. The van der Waals surface area contributed by atoms with Crippen molar-refractivity contribution in [2.75, 3.05) is 33.2 Å². The number of rotatable bonds is 2. The van der Waals surface area contributed by atoms with Crippen molar-refractivity contribution in [2.45, 2.75) is 6.18 Å². The molecule has 1 aliphatic heterocycles. The molecule has 1 fully saturated rings. The Labute approximate surface area is 159 Å². The van der Waals surface area contributed by atoms with Crippen molar-refractivity contribution in [1.29, 1.82) is 0 Å². The molecule has 28 heavy (non-hydrogen) atoms. The average Bonchev–Trinajstić information content (AvgIpc) is 3.11. The molecule has 0 spiro atoms. The van der Waals surface area contributed by atoms with Gasteiger partial charge in [0.1, 0.15) is 5.56 Å². The maximum atomic E-state index is 13.6. The normalized spacial score (nSPS) is 15.9. The summed E-state index contributed by atoms with van der Waals surface area (Å²) < 4.78 is 41.6. The molecular formula is C19H18F3N5O. The summed E-state index contributed by atoms with van der Waals surface area (Å²) in [6, 6.07) is 9.53. The second-order valence-corrected chi connectivity index (χ2v) is 6.78. The number of hydrogen-bond acceptors (Lipinski definition) is 4. The summed E-state index contributed by atoms with van der Waals surface area (Å²) >= 11 is 0. The minimum atomic E-state index is -4.63. The Morgan fingerprint density at radius 3 is 2.39 bits per heavy atom. The van der Waals surface area contributed by atoms with E-state index in [1.807, 2.05) is 7.05 Å². The van der Waals surface area contributed by atoms with Crippen LogP contribution in [0.3, 0.4) is 0 Å². The number of carbonyl (C=O) groups excluding carboxylic acids is 1. The molecule has 3 aromatic rings. The van der Waals surface area contributed by atoms with E-state index in [4.69, 9.17) is 0 Å². The second kappa shape index (κ2) is 6.90. The van der Waals surface area contributed by atoms with Crippen molar-refractivity contribution in [3.05, 3.63) is 53.9 Å². The molecule has 1 saturated heterocycles. The molecular weight excluding hydrogens is 371 g/mol. The Balaban J connectivity index is 1.84. The summed E-state index contributed by atoms with van der Waals surface area (Å²) in [6.45, 7) is 2.44. The lowest BCUT2D eigenvalue weighted by molar-refractivity contribution is -0.142. The van der Waals surface area contributed by atoms with E-state index in [0.717, 1.165) is 6.07 Å². The Morgan fingerprint density at radius 2 is 1.75 bits per heavy atom. The van der Waals surface area contributed by atoms with Gasteiger partial charge < -0.3 is 9.80 Å². The molecule has 0 unspecified atom stereocenters. The van der Waals surface area contributed by atoms with Crippen molar-refractivity contribution in [2.24, 2.45) is 0 Å². The lowest BCUT2D eigenvalue weighted by Gasteiger charge is -2.32. The summed E-state index contributed by atoms with van der Waals surface area (Å²) in [7, 11) is 1.96. The smallest absolute Gasteiger partial charge is 0.336 e. The second-order valence-electron chi connectivity index (χ2n) is 6.78. The van der Waals surface area contributed by atoms with Gasteiger partial charge in [0.2, 0.25) is 0 Å². The molecule has 0 bridgehead atoms. The molecule has 0 saturated carbocycles. The van der Waals surface area contributed by atoms with E-state index in [0.29, 0.717) is 36.3 Å². The van der Waals surface area contributed by atoms with Crippen LogP contribution in [0.2, 0.25) is 0 Å². The molecule has 2 aromatic heterocycles. The zero-order chi connectivity index (χ0) is 19.9. The lowest BCUT2D eigenvalue weighted by Crippen LogP contribution is -2.47. The van der Waals surface area contributed by atoms with Crippen molar-refractivity contribution in [3.63, 3.8) is 0 Å². The first kappa shape index (κ1) is 18.4. The van der Waals surface area contributed by atoms with E-state index in [1.54, 1.807) is 35.2 Å². The van der Waals surface area contributed by atoms with Gasteiger partial charge in [-0.1, -0.05) is 30.3 Å². The number of carbonyl (C=O) groups is 1. The first-order valence-electron chi connectivity index (χ1n) is 8.84. The number of fused-ring (bicyclic) bond motifs is 1. The van der Waals surface area contributed by atoms with E-state index in [9.17, 15) is 18.0 Å². The molecule has 1 aromatic carbocycles. The third-order valence-corrected chi connectivity index (χ3v) is 4.85. The number of likely N-dealkylation sites (N-methyl/N-ethyl adjacent to an activating group) is 1. The van der Waals surface area contributed by atoms with E-state index < -0.39 is 11.9 Å². The highest BCUT2D eigenvalue weighted by atomic mass is 19.4. The Hall–Kier alpha value is -2.94. The molecule has 3 heterocycles. The number of halogens is 3. The Bertz CT molecular complexity index is 1010. The minimum absolute atomic E-state index is 0.0767. The lowest BCUT2D eigenvalue weighted by atomic mass is 10.1. The Morgan fingerprint density at radius 1 is 1.07 bits per heavy atom. The molecule has 0 aliphatic carbocycles. The fraction of sp³-hybridized carbons (Fsp3) is 0.316. The van der Waals surface area contributed by atoms with Gasteiger partial charge in [0.05, 0.1) is 11.9 Å². The molecule has 1 aliphatic rings. The number of nitrogens with zero attached hydrogens (tertiary/aromatic N) is 5. The topological polar surface area (TPSA) is 53.7 Å². The van der Waals surface area contributed by atoms with E-state index in [-0.39, 0.29) is 22.8 Å². The maximum absolute atomic E-state index is 13.6. The number of amides is 1. The molecule has 0 radical (unpaired) electrons. The van der Waals surface area contributed by atoms with Gasteiger partial charge in [-0.3, -0.25) is 4.79 Å². The molecule has 0 N–H and O–H groups in total. The van der Waals surface area contributed by atoms with Gasteiger partial charge in [-0.05, 0) is 13.1 Å². The zero-order valence-electron chi connectivity index (χ0n) is 15.1. The van der Waals surface area contributed by atoms with Crippen LogP contribution in [-0.4, -0.2) is 63.5 Å². The van der Waals surface area contributed by atoms with Crippen LogP contribution in [0, 0.1) is 0 Å². The summed E-state index contributed by atoms with van der Waals surface area (Å²) in [4.78, 5) is 21.0. The molecule has 0 atom stereocenters. The van der Waals surface area contributed by atoms with Gasteiger partial charge in [0.15, 0.2) is 11.3 Å². The first-order chi connectivity index (χ1) is 13.3.